The van der Waals surface area contributed by atoms with Crippen LogP contribution in [0, 0.1) is 6.92 Å². The largest absolute Gasteiger partial charge is 0.340 e. The van der Waals surface area contributed by atoms with Crippen LogP contribution in [0.2, 0.25) is 0 Å². The molecule has 0 radical (unpaired) electrons. The molecule has 0 aliphatic carbocycles. The molecule has 3 N–H and O–H groups in total. The van der Waals surface area contributed by atoms with Gasteiger partial charge >= 0.3 is 0 Å². The van der Waals surface area contributed by atoms with Crippen LogP contribution < -0.4 is 10.6 Å². The van der Waals surface area contributed by atoms with Gasteiger partial charge in [-0.1, -0.05) is 32.8 Å². The molecule has 220 valence electrons. The fourth-order valence-corrected chi connectivity index (χ4v) is 4.72. The molecule has 3 aromatic rings. The minimum Gasteiger partial charge on any atom is -0.340 e. The molecule has 3 aromatic heterocycles. The molecule has 4 heterocycles. The molecule has 1 aliphatic heterocycles. The second-order valence-electron chi connectivity index (χ2n) is 10.7. The average molecular weight is 561 g/mol. The normalized spacial score (nSPS) is 13.8. The molecule has 41 heavy (non-hydrogen) atoms. The van der Waals surface area contributed by atoms with Gasteiger partial charge in [0, 0.05) is 17.3 Å². The van der Waals surface area contributed by atoms with Crippen molar-refractivity contribution in [2.75, 3.05) is 30.3 Å². The van der Waals surface area contributed by atoms with Crippen LogP contribution in [0.4, 0.5) is 11.4 Å². The number of Topliss-reactive ketones (excluding diaryl/α,β-unsaturated/α-hetero) is 1. The molecule has 0 bridgehead atoms. The van der Waals surface area contributed by atoms with Crippen molar-refractivity contribution < 1.29 is 14.4 Å². The number of allylic oxidation sites excluding steroid dienone is 2. The third-order valence-corrected chi connectivity index (χ3v) is 6.76. The van der Waals surface area contributed by atoms with Crippen molar-refractivity contribution in [1.82, 2.24) is 19.9 Å². The maximum absolute atomic E-state index is 13.1. The maximum Gasteiger partial charge on any atom is 0.257 e. The Hall–Kier alpha value is -3.85. The third kappa shape index (κ3) is 9.93. The summed E-state index contributed by atoms with van der Waals surface area (Å²) in [7, 11) is 0. The van der Waals surface area contributed by atoms with Gasteiger partial charge < -0.3 is 20.4 Å². The minimum absolute atomic E-state index is 0.0711. The smallest absolute Gasteiger partial charge is 0.257 e. The Morgan fingerprint density at radius 1 is 1.00 bits per heavy atom. The Balaban J connectivity index is 0.00000108. The summed E-state index contributed by atoms with van der Waals surface area (Å²) >= 11 is 0. The Morgan fingerprint density at radius 2 is 1.73 bits per heavy atom. The van der Waals surface area contributed by atoms with Gasteiger partial charge in [-0.25, -0.2) is 4.98 Å². The molecule has 1 aliphatic rings. The predicted octanol–water partition coefficient (Wildman–Crippen LogP) is 6.52. The van der Waals surface area contributed by atoms with E-state index in [1.165, 1.54) is 25.8 Å². The molecule has 0 spiro atoms. The van der Waals surface area contributed by atoms with E-state index in [1.807, 2.05) is 13.0 Å². The summed E-state index contributed by atoms with van der Waals surface area (Å²) < 4.78 is 0. The first-order chi connectivity index (χ1) is 19.7. The van der Waals surface area contributed by atoms with Crippen molar-refractivity contribution >= 4 is 45.6 Å². The van der Waals surface area contributed by atoms with Crippen LogP contribution in [0.1, 0.15) is 94.4 Å². The summed E-state index contributed by atoms with van der Waals surface area (Å²) in [5.41, 5.74) is 5.37. The Bertz CT molecular complexity index is 1370. The van der Waals surface area contributed by atoms with E-state index in [9.17, 15) is 14.4 Å². The van der Waals surface area contributed by atoms with Crippen LogP contribution >= 0.6 is 0 Å². The summed E-state index contributed by atoms with van der Waals surface area (Å²) in [6.07, 6.45) is 13.2. The summed E-state index contributed by atoms with van der Waals surface area (Å²) in [6.45, 7) is 11.5. The molecular formula is C32H44N6O3. The predicted molar refractivity (Wildman–Crippen MR) is 166 cm³/mol. The van der Waals surface area contributed by atoms with Gasteiger partial charge in [0.15, 0.2) is 0 Å². The number of carbonyl (C=O) groups excluding carboxylic acids is 3. The Kier molecular flexibility index (Phi) is 12.2. The number of nitrogens with zero attached hydrogens (tertiary/aromatic N) is 3. The van der Waals surface area contributed by atoms with E-state index in [1.54, 1.807) is 18.5 Å². The van der Waals surface area contributed by atoms with E-state index >= 15 is 0 Å². The summed E-state index contributed by atoms with van der Waals surface area (Å²) in [5.74, 6) is -0.174. The van der Waals surface area contributed by atoms with E-state index in [4.69, 9.17) is 0 Å². The Morgan fingerprint density at radius 3 is 2.41 bits per heavy atom. The van der Waals surface area contributed by atoms with Crippen LogP contribution in [0.15, 0.2) is 36.7 Å². The second kappa shape index (κ2) is 15.8. The van der Waals surface area contributed by atoms with Gasteiger partial charge in [-0.3, -0.25) is 19.5 Å². The second-order valence-corrected chi connectivity index (χ2v) is 10.7. The van der Waals surface area contributed by atoms with E-state index < -0.39 is 0 Å². The molecule has 0 atom stereocenters. The lowest BCUT2D eigenvalue weighted by molar-refractivity contribution is -0.117. The zero-order valence-corrected chi connectivity index (χ0v) is 25.1. The molecular weight excluding hydrogens is 516 g/mol. The van der Waals surface area contributed by atoms with E-state index in [-0.39, 0.29) is 17.6 Å². The molecule has 4 rings (SSSR count). The van der Waals surface area contributed by atoms with Crippen LogP contribution in [0.3, 0.4) is 0 Å². The number of amides is 2. The van der Waals surface area contributed by atoms with Crippen molar-refractivity contribution in [1.29, 1.82) is 0 Å². The van der Waals surface area contributed by atoms with E-state index in [0.29, 0.717) is 29.2 Å². The third-order valence-electron chi connectivity index (χ3n) is 6.76. The number of aryl methyl sites for hydroxylation is 1. The summed E-state index contributed by atoms with van der Waals surface area (Å²) in [5, 5.41) is 6.75. The van der Waals surface area contributed by atoms with Gasteiger partial charge in [0.2, 0.25) is 5.91 Å². The number of piperidine rings is 1. The number of likely N-dealkylation sites (tertiary alicyclic amines) is 1. The minimum atomic E-state index is -0.269. The Labute approximate surface area is 243 Å². The number of aromatic amines is 1. The number of H-pyrrole nitrogens is 1. The number of nitrogens with one attached hydrogen (secondary N) is 3. The van der Waals surface area contributed by atoms with Gasteiger partial charge in [-0.05, 0) is 89.7 Å². The van der Waals surface area contributed by atoms with E-state index in [2.05, 4.69) is 56.5 Å². The number of ketones is 1. The molecule has 2 amide bonds. The first-order valence-corrected chi connectivity index (χ1v) is 14.7. The van der Waals surface area contributed by atoms with Crippen LogP contribution in [0.25, 0.3) is 16.6 Å². The van der Waals surface area contributed by atoms with Crippen molar-refractivity contribution in [3.8, 4) is 0 Å². The topological polar surface area (TPSA) is 120 Å². The number of hydrogen-bond donors (Lipinski definition) is 3. The van der Waals surface area contributed by atoms with Crippen LogP contribution in [-0.2, 0) is 9.59 Å². The number of carbonyl (C=O) groups is 3. The number of unbranched alkanes of at least 4 members (excludes halogenated alkanes) is 1. The monoisotopic (exact) mass is 560 g/mol. The summed E-state index contributed by atoms with van der Waals surface area (Å²) in [6, 6.07) is 5.68. The van der Waals surface area contributed by atoms with Gasteiger partial charge in [-0.15, -0.1) is 0 Å². The van der Waals surface area contributed by atoms with Crippen molar-refractivity contribution in [2.24, 2.45) is 0 Å². The van der Waals surface area contributed by atoms with Gasteiger partial charge in [0.1, 0.15) is 11.4 Å². The number of fused-ring (bicyclic) bond motifs is 1. The standard InChI is InChI=1S/C29H38N6O2.C3H6O/c1-4-6-11-21(10-5-2)26-15-22-14-23(17-31-28(22)33-26)29(37)34-25-16-24(18-30-20(25)3)32-27(36)19-35-12-8-7-9-13-35;1-3(2)4/h10,14-18H,4-9,11-13,19H2,1-3H3,(H,31,33)(H,32,36)(H,34,37);1-2H3/b21-10+;. The van der Waals surface area contributed by atoms with E-state index in [0.717, 1.165) is 68.3 Å². The lowest BCUT2D eigenvalue weighted by atomic mass is 10.0. The zero-order chi connectivity index (χ0) is 29.8. The average Bonchev–Trinajstić information content (AvgIpc) is 3.36. The highest BCUT2D eigenvalue weighted by Gasteiger charge is 2.16. The summed E-state index contributed by atoms with van der Waals surface area (Å²) in [4.78, 5) is 49.5. The highest BCUT2D eigenvalue weighted by atomic mass is 16.2. The van der Waals surface area contributed by atoms with Crippen molar-refractivity contribution in [3.05, 3.63) is 53.6 Å². The fourth-order valence-electron chi connectivity index (χ4n) is 4.72. The number of aromatic nitrogens is 3. The SMILES string of the molecule is CC(C)=O.CC/C=C(\CCCC)c1cc2cc(C(=O)Nc3cc(NC(=O)CN4CCCCC4)cnc3C)cnc2[nH]1. The first-order valence-electron chi connectivity index (χ1n) is 14.7. The highest BCUT2D eigenvalue weighted by molar-refractivity contribution is 6.06. The fraction of sp³-hybridized carbons (Fsp3) is 0.469. The molecule has 9 nitrogen and oxygen atoms in total. The highest BCUT2D eigenvalue weighted by Crippen LogP contribution is 2.25. The first kappa shape index (κ1) is 31.7. The van der Waals surface area contributed by atoms with Crippen LogP contribution in [-0.4, -0.2) is 57.1 Å². The number of rotatable bonds is 10. The molecule has 0 unspecified atom stereocenters. The molecule has 0 saturated carbocycles. The molecule has 9 heteroatoms. The molecule has 0 aromatic carbocycles. The molecule has 1 fully saturated rings. The van der Waals surface area contributed by atoms with Crippen molar-refractivity contribution in [2.45, 2.75) is 79.6 Å². The molecule has 1 saturated heterocycles. The quantitative estimate of drug-likeness (QED) is 0.260. The lowest BCUT2D eigenvalue weighted by Gasteiger charge is -2.25. The maximum atomic E-state index is 13.1. The van der Waals surface area contributed by atoms with Gasteiger partial charge in [0.05, 0.1) is 35.4 Å². The zero-order valence-electron chi connectivity index (χ0n) is 25.1. The van der Waals surface area contributed by atoms with Gasteiger partial charge in [0.25, 0.3) is 5.91 Å². The van der Waals surface area contributed by atoms with Crippen molar-refractivity contribution in [3.63, 3.8) is 0 Å². The number of hydrogen-bond acceptors (Lipinski definition) is 6. The number of pyridine rings is 2. The number of anilines is 2. The lowest BCUT2D eigenvalue weighted by Crippen LogP contribution is -2.36. The van der Waals surface area contributed by atoms with Gasteiger partial charge in [-0.2, -0.15) is 0 Å². The van der Waals surface area contributed by atoms with Crippen LogP contribution in [0.5, 0.6) is 0 Å².